The van der Waals surface area contributed by atoms with Gasteiger partial charge in [0.1, 0.15) is 0 Å². The molecule has 3 atom stereocenters. The first-order valence-corrected chi connectivity index (χ1v) is 7.83. The number of hydrogen-bond acceptors (Lipinski definition) is 3. The second-order valence-electron chi connectivity index (χ2n) is 6.43. The molecule has 0 bridgehead atoms. The summed E-state index contributed by atoms with van der Waals surface area (Å²) in [7, 11) is 0. The van der Waals surface area contributed by atoms with Crippen LogP contribution in [0.4, 0.5) is 0 Å². The lowest BCUT2D eigenvalue weighted by atomic mass is 9.78. The summed E-state index contributed by atoms with van der Waals surface area (Å²) in [5.41, 5.74) is 1.15. The maximum Gasteiger partial charge on any atom is 0.0970 e. The summed E-state index contributed by atoms with van der Waals surface area (Å²) in [5.74, 6) is 0.769. The fraction of sp³-hybridized carbons (Fsp3) is 0.867. The van der Waals surface area contributed by atoms with Crippen molar-refractivity contribution < 1.29 is 14.9 Å². The van der Waals surface area contributed by atoms with Crippen molar-refractivity contribution in [1.29, 1.82) is 0 Å². The van der Waals surface area contributed by atoms with E-state index in [4.69, 9.17) is 9.78 Å². The van der Waals surface area contributed by atoms with Gasteiger partial charge in [-0.25, -0.2) is 9.78 Å². The molecule has 0 aromatic rings. The van der Waals surface area contributed by atoms with E-state index in [1.165, 1.54) is 0 Å². The Morgan fingerprint density at radius 3 is 2.58 bits per heavy atom. The monoisotopic (exact) mass is 334 g/mol. The minimum absolute atomic E-state index is 0.0638. The Bertz CT molecular complexity index is 286. The Balaban J connectivity index is 2.19. The highest BCUT2D eigenvalue weighted by Gasteiger charge is 2.29. The fourth-order valence-electron chi connectivity index (χ4n) is 2.46. The lowest BCUT2D eigenvalue weighted by Gasteiger charge is -2.33. The quantitative estimate of drug-likeness (QED) is 0.252. The largest absolute Gasteiger partial charge is 0.393 e. The molecule has 1 aliphatic carbocycles. The van der Waals surface area contributed by atoms with E-state index in [9.17, 15) is 5.11 Å². The molecule has 0 radical (unpaired) electrons. The van der Waals surface area contributed by atoms with E-state index < -0.39 is 0 Å². The topological polar surface area (TPSA) is 38.7 Å². The zero-order chi connectivity index (χ0) is 14.5. The summed E-state index contributed by atoms with van der Waals surface area (Å²) in [6, 6.07) is 0. The van der Waals surface area contributed by atoms with Crippen molar-refractivity contribution in [3.05, 3.63) is 12.2 Å². The molecule has 0 heterocycles. The summed E-state index contributed by atoms with van der Waals surface area (Å²) < 4.78 is -0.0638. The first-order valence-electron chi connectivity index (χ1n) is 7.03. The van der Waals surface area contributed by atoms with Gasteiger partial charge in [-0.05, 0) is 58.3 Å². The summed E-state index contributed by atoms with van der Waals surface area (Å²) in [4.78, 5) is 10.4. The van der Waals surface area contributed by atoms with E-state index in [0.717, 1.165) is 31.3 Å². The highest BCUT2D eigenvalue weighted by atomic mass is 79.9. The van der Waals surface area contributed by atoms with Crippen LogP contribution < -0.4 is 0 Å². The van der Waals surface area contributed by atoms with E-state index in [0.29, 0.717) is 25.0 Å². The molecule has 0 spiro atoms. The van der Waals surface area contributed by atoms with E-state index >= 15 is 0 Å². The van der Waals surface area contributed by atoms with Crippen molar-refractivity contribution in [2.24, 2.45) is 11.8 Å². The van der Waals surface area contributed by atoms with E-state index in [-0.39, 0.29) is 10.4 Å². The summed E-state index contributed by atoms with van der Waals surface area (Å²) in [6.45, 7) is 11.1. The predicted molar refractivity (Wildman–Crippen MR) is 81.2 cm³/mol. The molecule has 0 aromatic carbocycles. The standard InChI is InChI=1S/C15H27BrO3/c1-11(2)7-13-6-5-12(8-14(13)17)9-18-19-10-15(3,4)16/h12-14,17H,1,5-10H2,2-4H3. The summed E-state index contributed by atoms with van der Waals surface area (Å²) in [5, 5.41) is 10.1. The zero-order valence-corrected chi connectivity index (χ0v) is 13.9. The Morgan fingerprint density at radius 1 is 1.37 bits per heavy atom. The van der Waals surface area contributed by atoms with Crippen LogP contribution in [-0.4, -0.2) is 28.7 Å². The molecule has 1 aliphatic rings. The number of aliphatic hydroxyl groups is 1. The average Bonchev–Trinajstić information content (AvgIpc) is 2.26. The first-order chi connectivity index (χ1) is 8.78. The van der Waals surface area contributed by atoms with Gasteiger partial charge in [0.25, 0.3) is 0 Å². The lowest BCUT2D eigenvalue weighted by molar-refractivity contribution is -0.305. The van der Waals surface area contributed by atoms with Gasteiger partial charge < -0.3 is 5.11 Å². The van der Waals surface area contributed by atoms with E-state index in [1.54, 1.807) is 0 Å². The second kappa shape index (κ2) is 7.77. The number of aliphatic hydroxyl groups excluding tert-OH is 1. The van der Waals surface area contributed by atoms with Crippen molar-refractivity contribution in [3.63, 3.8) is 0 Å². The van der Waals surface area contributed by atoms with Gasteiger partial charge in [0, 0.05) is 4.32 Å². The molecule has 112 valence electrons. The van der Waals surface area contributed by atoms with Gasteiger partial charge >= 0.3 is 0 Å². The molecule has 0 amide bonds. The van der Waals surface area contributed by atoms with Crippen molar-refractivity contribution in [3.8, 4) is 0 Å². The van der Waals surface area contributed by atoms with E-state index in [1.807, 2.05) is 20.8 Å². The molecule has 4 heteroatoms. The molecule has 0 aliphatic heterocycles. The van der Waals surface area contributed by atoms with Crippen molar-refractivity contribution in [1.82, 2.24) is 0 Å². The minimum atomic E-state index is -0.230. The van der Waals surface area contributed by atoms with Gasteiger partial charge in [-0.1, -0.05) is 21.5 Å². The third-order valence-corrected chi connectivity index (χ3v) is 3.69. The summed E-state index contributed by atoms with van der Waals surface area (Å²) >= 11 is 3.49. The van der Waals surface area contributed by atoms with Crippen LogP contribution in [0.5, 0.6) is 0 Å². The molecule has 0 saturated heterocycles. The van der Waals surface area contributed by atoms with Crippen LogP contribution in [0.2, 0.25) is 0 Å². The zero-order valence-electron chi connectivity index (χ0n) is 12.3. The average molecular weight is 335 g/mol. The number of alkyl halides is 1. The second-order valence-corrected chi connectivity index (χ2v) is 8.58. The van der Waals surface area contributed by atoms with Gasteiger partial charge in [0.2, 0.25) is 0 Å². The van der Waals surface area contributed by atoms with Crippen molar-refractivity contribution in [2.45, 2.75) is 56.9 Å². The molecule has 1 rings (SSSR count). The van der Waals surface area contributed by atoms with Gasteiger partial charge in [-0.2, -0.15) is 0 Å². The third kappa shape index (κ3) is 7.45. The van der Waals surface area contributed by atoms with Crippen LogP contribution in [0, 0.1) is 11.8 Å². The Morgan fingerprint density at radius 2 is 2.05 bits per heavy atom. The molecular weight excluding hydrogens is 308 g/mol. The van der Waals surface area contributed by atoms with Crippen LogP contribution in [-0.2, 0) is 9.78 Å². The molecule has 3 unspecified atom stereocenters. The van der Waals surface area contributed by atoms with Crippen LogP contribution in [0.3, 0.4) is 0 Å². The van der Waals surface area contributed by atoms with E-state index in [2.05, 4.69) is 22.5 Å². The number of halogens is 1. The minimum Gasteiger partial charge on any atom is -0.393 e. The van der Waals surface area contributed by atoms with Crippen LogP contribution in [0.25, 0.3) is 0 Å². The first kappa shape index (κ1) is 17.2. The van der Waals surface area contributed by atoms with Crippen LogP contribution in [0.1, 0.15) is 46.5 Å². The highest BCUT2D eigenvalue weighted by Crippen LogP contribution is 2.33. The smallest absolute Gasteiger partial charge is 0.0970 e. The molecule has 0 aromatic heterocycles. The molecule has 1 saturated carbocycles. The summed E-state index contributed by atoms with van der Waals surface area (Å²) in [6.07, 6.45) is 3.65. The van der Waals surface area contributed by atoms with Gasteiger partial charge in [0.05, 0.1) is 19.3 Å². The van der Waals surface area contributed by atoms with Gasteiger partial charge in [-0.15, -0.1) is 6.58 Å². The molecular formula is C15H27BrO3. The number of allylic oxidation sites excluding steroid dienone is 1. The van der Waals surface area contributed by atoms with Crippen molar-refractivity contribution >= 4 is 15.9 Å². The Hall–Kier alpha value is 0.100. The SMILES string of the molecule is C=C(C)CC1CCC(COOCC(C)(C)Br)CC1O. The highest BCUT2D eigenvalue weighted by molar-refractivity contribution is 9.10. The predicted octanol–water partition coefficient (Wildman–Crippen LogP) is 3.85. The lowest BCUT2D eigenvalue weighted by Crippen LogP contribution is -2.31. The van der Waals surface area contributed by atoms with Crippen LogP contribution >= 0.6 is 15.9 Å². The molecule has 1 N–H and O–H groups in total. The number of rotatable bonds is 7. The maximum absolute atomic E-state index is 10.1. The maximum atomic E-state index is 10.1. The molecule has 1 fully saturated rings. The van der Waals surface area contributed by atoms with Gasteiger partial charge in [0.15, 0.2) is 0 Å². The number of hydrogen-bond donors (Lipinski definition) is 1. The van der Waals surface area contributed by atoms with Gasteiger partial charge in [-0.3, -0.25) is 0 Å². The van der Waals surface area contributed by atoms with Crippen LogP contribution in [0.15, 0.2) is 12.2 Å². The molecule has 3 nitrogen and oxygen atoms in total. The normalized spacial score (nSPS) is 28.4. The molecule has 19 heavy (non-hydrogen) atoms. The van der Waals surface area contributed by atoms with Crippen molar-refractivity contribution in [2.75, 3.05) is 13.2 Å². The third-order valence-electron chi connectivity index (χ3n) is 3.46. The Labute approximate surface area is 125 Å². The fourth-order valence-corrected chi connectivity index (χ4v) is 2.55. The Kier molecular flexibility index (Phi) is 7.01.